The molecule has 1 atom stereocenters. The van der Waals surface area contributed by atoms with E-state index in [9.17, 15) is 4.79 Å². The van der Waals surface area contributed by atoms with Gasteiger partial charge in [0.25, 0.3) is 5.91 Å². The Balaban J connectivity index is 1.67. The number of amides is 1. The Morgan fingerprint density at radius 3 is 3.08 bits per heavy atom. The fourth-order valence-corrected chi connectivity index (χ4v) is 4.35. The predicted octanol–water partition coefficient (Wildman–Crippen LogP) is 5.33. The van der Waals surface area contributed by atoms with E-state index in [-0.39, 0.29) is 5.91 Å². The molecule has 1 aliphatic carbocycles. The first kappa shape index (κ1) is 17.5. The van der Waals surface area contributed by atoms with Crippen LogP contribution in [0.4, 0.5) is 0 Å². The number of halogens is 2. The Morgan fingerprint density at radius 1 is 1.46 bits per heavy atom. The summed E-state index contributed by atoms with van der Waals surface area (Å²) in [6.07, 6.45) is 6.08. The number of hydrogen-bond donors (Lipinski definition) is 1. The van der Waals surface area contributed by atoms with Crippen molar-refractivity contribution in [3.8, 4) is 0 Å². The average Bonchev–Trinajstić information content (AvgIpc) is 3.01. The summed E-state index contributed by atoms with van der Waals surface area (Å²) in [5.41, 5.74) is 4.56. The average molecular weight is 381 g/mol. The third kappa shape index (κ3) is 3.82. The van der Waals surface area contributed by atoms with E-state index in [2.05, 4.69) is 17.5 Å². The van der Waals surface area contributed by atoms with Gasteiger partial charge < -0.3 is 0 Å². The summed E-state index contributed by atoms with van der Waals surface area (Å²) in [5.74, 6) is 0.558. The molecule has 0 bridgehead atoms. The van der Waals surface area contributed by atoms with Gasteiger partial charge in [0.05, 0.1) is 21.1 Å². The van der Waals surface area contributed by atoms with Crippen LogP contribution in [0.15, 0.2) is 29.4 Å². The fourth-order valence-electron chi connectivity index (χ4n) is 2.90. The topological polar surface area (TPSA) is 41.5 Å². The van der Waals surface area contributed by atoms with Gasteiger partial charge in [0.15, 0.2) is 0 Å². The van der Waals surface area contributed by atoms with E-state index in [1.54, 1.807) is 29.5 Å². The van der Waals surface area contributed by atoms with E-state index in [1.165, 1.54) is 29.5 Å². The van der Waals surface area contributed by atoms with Crippen LogP contribution in [0.25, 0.3) is 0 Å². The second-order valence-corrected chi connectivity index (χ2v) is 7.84. The number of thiophene rings is 1. The van der Waals surface area contributed by atoms with E-state index in [4.69, 9.17) is 23.2 Å². The maximum absolute atomic E-state index is 12.3. The van der Waals surface area contributed by atoms with Crippen LogP contribution in [-0.4, -0.2) is 12.1 Å². The number of fused-ring (bicyclic) bond motifs is 1. The molecular formula is C18H18Cl2N2OS. The molecule has 1 N–H and O–H groups in total. The smallest absolute Gasteiger partial charge is 0.266 e. The summed E-state index contributed by atoms with van der Waals surface area (Å²) in [4.78, 5) is 14.3. The monoisotopic (exact) mass is 380 g/mol. The third-order valence-corrected chi connectivity index (χ3v) is 6.41. The molecule has 1 heterocycles. The van der Waals surface area contributed by atoms with Crippen LogP contribution in [-0.2, 0) is 12.8 Å². The van der Waals surface area contributed by atoms with Gasteiger partial charge in [-0.15, -0.1) is 11.3 Å². The van der Waals surface area contributed by atoms with E-state index < -0.39 is 0 Å². The van der Waals surface area contributed by atoms with Crippen molar-refractivity contribution in [2.45, 2.75) is 32.6 Å². The van der Waals surface area contributed by atoms with Gasteiger partial charge in [-0.25, -0.2) is 5.43 Å². The molecule has 1 aliphatic rings. The molecule has 1 amide bonds. The Labute approximate surface area is 155 Å². The molecule has 0 saturated carbocycles. The Bertz CT molecular complexity index is 785. The molecule has 2 aromatic rings. The van der Waals surface area contributed by atoms with Crippen molar-refractivity contribution < 1.29 is 4.79 Å². The lowest BCUT2D eigenvalue weighted by atomic mass is 9.87. The molecule has 0 spiro atoms. The van der Waals surface area contributed by atoms with Crippen molar-refractivity contribution in [3.05, 3.63) is 55.2 Å². The summed E-state index contributed by atoms with van der Waals surface area (Å²) in [6, 6.07) is 7.30. The first-order valence-corrected chi connectivity index (χ1v) is 9.54. The van der Waals surface area contributed by atoms with Crippen molar-refractivity contribution in [2.24, 2.45) is 11.0 Å². The maximum atomic E-state index is 12.3. The quantitative estimate of drug-likeness (QED) is 0.564. The summed E-state index contributed by atoms with van der Waals surface area (Å²) >= 11 is 13.6. The standard InChI is InChI=1S/C18H18Cl2N2OS/c1-2-11-6-7-15-13(8-11)9-16(24-15)18(23)22-21-10-12-4-3-5-14(19)17(12)20/h3-5,9-11H,2,6-8H2,1H3,(H,22,23)/b21-10-/t11-/m0/s1. The molecule has 0 saturated heterocycles. The molecule has 24 heavy (non-hydrogen) atoms. The van der Waals surface area contributed by atoms with Crippen LogP contribution >= 0.6 is 34.5 Å². The van der Waals surface area contributed by atoms with Gasteiger partial charge in [-0.1, -0.05) is 48.7 Å². The summed E-state index contributed by atoms with van der Waals surface area (Å²) in [5, 5.41) is 4.88. The molecule has 0 aliphatic heterocycles. The summed E-state index contributed by atoms with van der Waals surface area (Å²) < 4.78 is 0. The minimum absolute atomic E-state index is 0.183. The van der Waals surface area contributed by atoms with Gasteiger partial charge in [-0.2, -0.15) is 5.10 Å². The van der Waals surface area contributed by atoms with Crippen LogP contribution in [0.2, 0.25) is 10.0 Å². The van der Waals surface area contributed by atoms with Gasteiger partial charge >= 0.3 is 0 Å². The van der Waals surface area contributed by atoms with Gasteiger partial charge in [-0.05, 0) is 42.9 Å². The molecule has 0 fully saturated rings. The zero-order valence-corrected chi connectivity index (χ0v) is 15.6. The maximum Gasteiger partial charge on any atom is 0.281 e. The molecule has 1 aromatic carbocycles. The highest BCUT2D eigenvalue weighted by Crippen LogP contribution is 2.33. The van der Waals surface area contributed by atoms with Crippen LogP contribution in [0.1, 0.15) is 45.4 Å². The number of carbonyl (C=O) groups is 1. The molecule has 3 rings (SSSR count). The molecule has 6 heteroatoms. The Hall–Kier alpha value is -1.36. The number of rotatable bonds is 4. The number of hydrazone groups is 1. The lowest BCUT2D eigenvalue weighted by Gasteiger charge is -2.19. The van der Waals surface area contributed by atoms with Gasteiger partial charge in [0.2, 0.25) is 0 Å². The third-order valence-electron chi connectivity index (χ3n) is 4.34. The van der Waals surface area contributed by atoms with Crippen molar-refractivity contribution in [2.75, 3.05) is 0 Å². The van der Waals surface area contributed by atoms with Crippen molar-refractivity contribution in [1.29, 1.82) is 0 Å². The predicted molar refractivity (Wildman–Crippen MR) is 102 cm³/mol. The number of aryl methyl sites for hydroxylation is 1. The van der Waals surface area contributed by atoms with Crippen LogP contribution in [0.3, 0.4) is 0 Å². The first-order chi connectivity index (χ1) is 11.6. The summed E-state index contributed by atoms with van der Waals surface area (Å²) in [6.45, 7) is 2.23. The Kier molecular flexibility index (Phi) is 5.59. The second-order valence-electron chi connectivity index (χ2n) is 5.92. The SMILES string of the molecule is CC[C@H]1CCc2sc(C(=O)N/N=C\c3cccc(Cl)c3Cl)cc2C1. The van der Waals surface area contributed by atoms with E-state index >= 15 is 0 Å². The van der Waals surface area contributed by atoms with Gasteiger partial charge in [0.1, 0.15) is 0 Å². The van der Waals surface area contributed by atoms with E-state index in [0.717, 1.165) is 18.8 Å². The van der Waals surface area contributed by atoms with Gasteiger partial charge in [0, 0.05) is 10.4 Å². The van der Waals surface area contributed by atoms with Crippen molar-refractivity contribution >= 4 is 46.7 Å². The summed E-state index contributed by atoms with van der Waals surface area (Å²) in [7, 11) is 0. The lowest BCUT2D eigenvalue weighted by Crippen LogP contribution is -2.16. The molecule has 0 radical (unpaired) electrons. The normalized spacial score (nSPS) is 17.0. The molecule has 3 nitrogen and oxygen atoms in total. The molecule has 0 unspecified atom stereocenters. The highest BCUT2D eigenvalue weighted by atomic mass is 35.5. The molecule has 1 aromatic heterocycles. The number of benzene rings is 1. The van der Waals surface area contributed by atoms with Crippen LogP contribution in [0.5, 0.6) is 0 Å². The minimum atomic E-state index is -0.183. The number of nitrogens with zero attached hydrogens (tertiary/aromatic N) is 1. The minimum Gasteiger partial charge on any atom is -0.266 e. The number of hydrogen-bond acceptors (Lipinski definition) is 3. The molecule has 126 valence electrons. The zero-order chi connectivity index (χ0) is 17.1. The first-order valence-electron chi connectivity index (χ1n) is 7.97. The molecular weight excluding hydrogens is 363 g/mol. The zero-order valence-electron chi connectivity index (χ0n) is 13.3. The van der Waals surface area contributed by atoms with Crippen LogP contribution in [0, 0.1) is 5.92 Å². The highest BCUT2D eigenvalue weighted by Gasteiger charge is 2.21. The highest BCUT2D eigenvalue weighted by molar-refractivity contribution is 7.14. The fraction of sp³-hybridized carbons (Fsp3) is 0.333. The van der Waals surface area contributed by atoms with Crippen molar-refractivity contribution in [3.63, 3.8) is 0 Å². The van der Waals surface area contributed by atoms with Crippen LogP contribution < -0.4 is 5.43 Å². The van der Waals surface area contributed by atoms with Gasteiger partial charge in [-0.3, -0.25) is 4.79 Å². The van der Waals surface area contributed by atoms with E-state index in [1.807, 2.05) is 6.07 Å². The second kappa shape index (κ2) is 7.68. The largest absolute Gasteiger partial charge is 0.281 e. The number of nitrogens with one attached hydrogen (secondary N) is 1. The van der Waals surface area contributed by atoms with E-state index in [0.29, 0.717) is 20.5 Å². The lowest BCUT2D eigenvalue weighted by molar-refractivity contribution is 0.0959. The van der Waals surface area contributed by atoms with Crippen molar-refractivity contribution in [1.82, 2.24) is 5.43 Å². The Morgan fingerprint density at radius 2 is 2.29 bits per heavy atom. The number of carbonyl (C=O) groups excluding carboxylic acids is 1.